The van der Waals surface area contributed by atoms with E-state index in [-0.39, 0.29) is 12.0 Å². The molecule has 0 N–H and O–H groups in total. The van der Waals surface area contributed by atoms with Crippen molar-refractivity contribution in [3.05, 3.63) is 139 Å². The van der Waals surface area contributed by atoms with E-state index in [4.69, 9.17) is 0 Å². The van der Waals surface area contributed by atoms with E-state index in [2.05, 4.69) is 53.7 Å². The highest BCUT2D eigenvalue weighted by molar-refractivity contribution is 5.72. The highest BCUT2D eigenvalue weighted by Gasteiger charge is 2.46. The number of nitrogens with zero attached hydrogens (tertiary/aromatic N) is 2. The Morgan fingerprint density at radius 2 is 1.53 bits per heavy atom. The van der Waals surface area contributed by atoms with Gasteiger partial charge < -0.3 is 0 Å². The zero-order chi connectivity index (χ0) is 25.8. The number of hydrogen-bond acceptors (Lipinski definition) is 0. The van der Waals surface area contributed by atoms with Gasteiger partial charge in [-0.05, 0) is 59.9 Å². The van der Waals surface area contributed by atoms with Gasteiger partial charge in [-0.1, -0.05) is 54.6 Å². The lowest BCUT2D eigenvalue weighted by Gasteiger charge is -2.29. The van der Waals surface area contributed by atoms with E-state index in [0.29, 0.717) is 17.7 Å². The monoisotopic (exact) mass is 500 g/mol. The first-order chi connectivity index (χ1) is 18.6. The molecule has 0 fully saturated rings. The van der Waals surface area contributed by atoms with Crippen LogP contribution in [0.2, 0.25) is 0 Å². The lowest BCUT2D eigenvalue weighted by Crippen LogP contribution is -2.53. The summed E-state index contributed by atoms with van der Waals surface area (Å²) in [6.45, 7) is 4.61. The Bertz CT molecular complexity index is 1720. The number of benzene rings is 3. The smallest absolute Gasteiger partial charge is 0.204 e. The van der Waals surface area contributed by atoms with Crippen LogP contribution >= 0.6 is 0 Å². The molecule has 4 heterocycles. The number of rotatable bonds is 1. The lowest BCUT2D eigenvalue weighted by atomic mass is 9.78. The molecule has 2 aliphatic heterocycles. The van der Waals surface area contributed by atoms with Crippen molar-refractivity contribution in [2.45, 2.75) is 24.8 Å². The second-order valence-corrected chi connectivity index (χ2v) is 10.1. The van der Waals surface area contributed by atoms with E-state index >= 15 is 4.39 Å². The van der Waals surface area contributed by atoms with Gasteiger partial charge in [-0.25, -0.2) is 8.78 Å². The maximum Gasteiger partial charge on any atom is 0.249 e. The summed E-state index contributed by atoms with van der Waals surface area (Å²) < 4.78 is 34.7. The molecule has 0 radical (unpaired) electrons. The number of aryl methyl sites for hydroxylation is 1. The Morgan fingerprint density at radius 1 is 0.737 bits per heavy atom. The van der Waals surface area contributed by atoms with Gasteiger partial charge in [0, 0.05) is 29.8 Å². The number of aromatic nitrogens is 2. The molecule has 2 aromatic heterocycles. The third-order valence-electron chi connectivity index (χ3n) is 8.08. The zero-order valence-corrected chi connectivity index (χ0v) is 20.8. The molecule has 7 rings (SSSR count). The Labute approximate surface area is 220 Å². The van der Waals surface area contributed by atoms with Crippen molar-refractivity contribution in [3.8, 4) is 33.6 Å². The number of allylic oxidation sites excluding steroid dienone is 1. The molecule has 2 unspecified atom stereocenters. The zero-order valence-electron chi connectivity index (χ0n) is 20.8. The van der Waals surface area contributed by atoms with Crippen LogP contribution in [0.4, 0.5) is 8.78 Å². The molecule has 2 atom stereocenters. The maximum absolute atomic E-state index is 15.7. The first-order valence-corrected chi connectivity index (χ1v) is 13.0. The average molecular weight is 501 g/mol. The number of fused-ring (bicyclic) bond motifs is 9. The maximum atomic E-state index is 15.7. The van der Waals surface area contributed by atoms with Crippen molar-refractivity contribution in [1.29, 1.82) is 0 Å². The van der Waals surface area contributed by atoms with E-state index < -0.39 is 11.6 Å². The second-order valence-electron chi connectivity index (χ2n) is 10.1. The summed E-state index contributed by atoms with van der Waals surface area (Å²) in [4.78, 5) is 0. The molecule has 0 bridgehead atoms. The first kappa shape index (κ1) is 22.7. The van der Waals surface area contributed by atoms with Crippen LogP contribution in [0.5, 0.6) is 0 Å². The quantitative estimate of drug-likeness (QED) is 0.214. The van der Waals surface area contributed by atoms with Crippen LogP contribution in [0.3, 0.4) is 0 Å². The molecular weight excluding hydrogens is 474 g/mol. The Hall–Kier alpha value is -4.44. The summed E-state index contributed by atoms with van der Waals surface area (Å²) in [5, 5.41) is 0. The van der Waals surface area contributed by atoms with Crippen LogP contribution in [0.25, 0.3) is 39.3 Å². The molecule has 5 aromatic rings. The molecule has 0 aliphatic carbocycles. The molecule has 38 heavy (non-hydrogen) atoms. The van der Waals surface area contributed by atoms with Crippen molar-refractivity contribution in [1.82, 2.24) is 0 Å². The largest absolute Gasteiger partial charge is 0.249 e. The van der Waals surface area contributed by atoms with Gasteiger partial charge in [0.15, 0.2) is 24.0 Å². The minimum Gasteiger partial charge on any atom is -0.204 e. The molecule has 184 valence electrons. The van der Waals surface area contributed by atoms with Gasteiger partial charge in [0.1, 0.15) is 0 Å². The van der Waals surface area contributed by atoms with Crippen molar-refractivity contribution < 1.29 is 17.9 Å². The molecule has 0 saturated carbocycles. The highest BCUT2D eigenvalue weighted by atomic mass is 19.2. The minimum absolute atomic E-state index is 0.0883. The van der Waals surface area contributed by atoms with Gasteiger partial charge in [0.05, 0.1) is 11.5 Å². The van der Waals surface area contributed by atoms with Crippen LogP contribution in [0.15, 0.2) is 116 Å². The van der Waals surface area contributed by atoms with Crippen LogP contribution in [-0.4, -0.2) is 0 Å². The summed E-state index contributed by atoms with van der Waals surface area (Å²) in [5.41, 5.74) is 8.11. The van der Waals surface area contributed by atoms with E-state index in [1.54, 1.807) is 6.07 Å². The predicted octanol–water partition coefficient (Wildman–Crippen LogP) is 7.30. The van der Waals surface area contributed by atoms with Crippen LogP contribution < -0.4 is 9.13 Å². The lowest BCUT2D eigenvalue weighted by molar-refractivity contribution is -0.727. The fourth-order valence-corrected chi connectivity index (χ4v) is 6.33. The molecule has 3 aromatic carbocycles. The summed E-state index contributed by atoms with van der Waals surface area (Å²) in [5.74, 6) is -1.54. The molecule has 0 saturated heterocycles. The van der Waals surface area contributed by atoms with E-state index in [0.717, 1.165) is 34.5 Å². The predicted molar refractivity (Wildman–Crippen MR) is 145 cm³/mol. The standard InChI is InChI=1S/C34H26F2N2/c1-22-34-28(26-11-5-6-12-27(26)30-13-7-8-19-38(30)34)16-14-24-15-17-29(35)33(36)32(24)31-21-25(18-20-37(22)31)23-9-3-2-4-10-23/h2-13,15,17-21,28,34H,1,14,16H2/q+2. The first-order valence-electron chi connectivity index (χ1n) is 13.0. The molecule has 2 nitrogen and oxygen atoms in total. The van der Waals surface area contributed by atoms with Crippen molar-refractivity contribution in [2.24, 2.45) is 0 Å². The van der Waals surface area contributed by atoms with Crippen LogP contribution in [0.1, 0.15) is 29.5 Å². The normalized spacial score (nSPS) is 17.6. The topological polar surface area (TPSA) is 7.76 Å². The highest BCUT2D eigenvalue weighted by Crippen LogP contribution is 2.45. The fraction of sp³-hybridized carbons (Fsp3) is 0.118. The average Bonchev–Trinajstić information content (AvgIpc) is 3.02. The van der Waals surface area contributed by atoms with Crippen molar-refractivity contribution >= 4 is 5.70 Å². The summed E-state index contributed by atoms with van der Waals surface area (Å²) in [7, 11) is 0. The second kappa shape index (κ2) is 8.84. The summed E-state index contributed by atoms with van der Waals surface area (Å²) in [6.07, 6.45) is 5.46. The molecular formula is C34H26F2N2+2. The van der Waals surface area contributed by atoms with Gasteiger partial charge in [-0.3, -0.25) is 0 Å². The van der Waals surface area contributed by atoms with Crippen LogP contribution in [-0.2, 0) is 6.42 Å². The van der Waals surface area contributed by atoms with E-state index in [1.807, 2.05) is 59.3 Å². The van der Waals surface area contributed by atoms with Gasteiger partial charge in [0.2, 0.25) is 23.1 Å². The molecule has 2 aliphatic rings. The third kappa shape index (κ3) is 3.44. The van der Waals surface area contributed by atoms with E-state index in [1.165, 1.54) is 17.2 Å². The minimum atomic E-state index is -0.840. The number of hydrogen-bond donors (Lipinski definition) is 0. The van der Waals surface area contributed by atoms with Gasteiger partial charge >= 0.3 is 0 Å². The fourth-order valence-electron chi connectivity index (χ4n) is 6.33. The number of halogens is 2. The number of pyridine rings is 2. The molecule has 4 heteroatoms. The van der Waals surface area contributed by atoms with Gasteiger partial charge in [0.25, 0.3) is 0 Å². The Morgan fingerprint density at radius 3 is 2.39 bits per heavy atom. The molecule has 0 amide bonds. The van der Waals surface area contributed by atoms with Crippen molar-refractivity contribution in [2.75, 3.05) is 0 Å². The van der Waals surface area contributed by atoms with Crippen LogP contribution in [0, 0.1) is 11.6 Å². The third-order valence-corrected chi connectivity index (χ3v) is 8.08. The Kier molecular flexibility index (Phi) is 5.29. The summed E-state index contributed by atoms with van der Waals surface area (Å²) in [6, 6.07) is 31.7. The van der Waals surface area contributed by atoms with Gasteiger partial charge in [-0.15, -0.1) is 0 Å². The summed E-state index contributed by atoms with van der Waals surface area (Å²) >= 11 is 0. The SMILES string of the molecule is C=C1C2C(CCc3ccc(F)c(F)c3-c3cc(-c4ccccc4)cc[n+]31)c1ccccc1-c1cccc[n+]12. The van der Waals surface area contributed by atoms with Gasteiger partial charge in [-0.2, -0.15) is 9.13 Å². The van der Waals surface area contributed by atoms with E-state index in [9.17, 15) is 4.39 Å². The Balaban J connectivity index is 1.52. The molecule has 0 spiro atoms. The van der Waals surface area contributed by atoms with Crippen molar-refractivity contribution in [3.63, 3.8) is 0 Å².